The lowest BCUT2D eigenvalue weighted by molar-refractivity contribution is 0.0696. The van der Waals surface area contributed by atoms with Crippen LogP contribution in [0.15, 0.2) is 54.7 Å². The number of fused-ring (bicyclic) bond motifs is 1. The van der Waals surface area contributed by atoms with Crippen LogP contribution in [0.25, 0.3) is 22.3 Å². The molecule has 0 bridgehead atoms. The van der Waals surface area contributed by atoms with E-state index in [-0.39, 0.29) is 70.4 Å². The highest BCUT2D eigenvalue weighted by molar-refractivity contribution is 5.92. The molecule has 0 aliphatic heterocycles. The van der Waals surface area contributed by atoms with Crippen molar-refractivity contribution in [2.24, 2.45) is 0 Å². The van der Waals surface area contributed by atoms with Crippen LogP contribution in [0.4, 0.5) is 26.3 Å². The van der Waals surface area contributed by atoms with E-state index in [1.54, 1.807) is 0 Å². The molecule has 228 valence electrons. The molecular weight excluding hydrogens is 594 g/mol. The number of nitrogens with zero attached hydrogens (tertiary/aromatic N) is 4. The van der Waals surface area contributed by atoms with Gasteiger partial charge in [0.1, 0.15) is 35.4 Å². The third-order valence-electron chi connectivity index (χ3n) is 6.73. The Kier molecular flexibility index (Phi) is 8.81. The molecule has 0 radical (unpaired) electrons. The molecule has 2 heterocycles. The number of halogens is 6. The number of hydrogen-bond acceptors (Lipinski definition) is 6. The van der Waals surface area contributed by atoms with Gasteiger partial charge in [0.2, 0.25) is 0 Å². The van der Waals surface area contributed by atoms with Crippen molar-refractivity contribution >= 4 is 17.0 Å². The van der Waals surface area contributed by atoms with Crippen LogP contribution in [0, 0.1) is 23.3 Å². The molecule has 8 nitrogen and oxygen atoms in total. The molecule has 0 aliphatic carbocycles. The van der Waals surface area contributed by atoms with E-state index in [4.69, 9.17) is 9.47 Å². The first-order valence-electron chi connectivity index (χ1n) is 13.0. The molecular formula is C30H22F6N4O4. The summed E-state index contributed by atoms with van der Waals surface area (Å²) in [5.74, 6) is -4.68. The predicted molar refractivity (Wildman–Crippen MR) is 144 cm³/mol. The summed E-state index contributed by atoms with van der Waals surface area (Å²) in [6.45, 7) is -0.122. The normalized spacial score (nSPS) is 11.5. The van der Waals surface area contributed by atoms with Gasteiger partial charge in [-0.25, -0.2) is 41.1 Å². The third-order valence-corrected chi connectivity index (χ3v) is 6.73. The number of alkyl halides is 2. The van der Waals surface area contributed by atoms with E-state index in [2.05, 4.69) is 15.0 Å². The number of carbonyl (C=O) groups is 1. The van der Waals surface area contributed by atoms with Crippen LogP contribution < -0.4 is 4.74 Å². The number of imidazole rings is 1. The number of hydrogen-bond donors (Lipinski definition) is 1. The van der Waals surface area contributed by atoms with Gasteiger partial charge in [-0.2, -0.15) is 4.98 Å². The van der Waals surface area contributed by atoms with Crippen molar-refractivity contribution in [2.75, 3.05) is 13.7 Å². The predicted octanol–water partition coefficient (Wildman–Crippen LogP) is 6.50. The van der Waals surface area contributed by atoms with Crippen molar-refractivity contribution in [3.63, 3.8) is 0 Å². The largest absolute Gasteiger partial charge is 0.478 e. The van der Waals surface area contributed by atoms with Gasteiger partial charge in [0.25, 0.3) is 6.43 Å². The maximum Gasteiger partial charge on any atom is 0.335 e. The van der Waals surface area contributed by atoms with Gasteiger partial charge in [0, 0.05) is 43.0 Å². The minimum absolute atomic E-state index is 0.0411. The Morgan fingerprint density at radius 3 is 2.41 bits per heavy atom. The molecule has 44 heavy (non-hydrogen) atoms. The highest BCUT2D eigenvalue weighted by Gasteiger charge is 2.21. The fourth-order valence-electron chi connectivity index (χ4n) is 4.53. The van der Waals surface area contributed by atoms with Gasteiger partial charge in [-0.15, -0.1) is 0 Å². The van der Waals surface area contributed by atoms with E-state index in [0.29, 0.717) is 6.07 Å². The van der Waals surface area contributed by atoms with Crippen LogP contribution in [0.3, 0.4) is 0 Å². The lowest BCUT2D eigenvalue weighted by Crippen LogP contribution is -2.10. The number of carboxylic acid groups (broad SMARTS) is 1. The second-order valence-electron chi connectivity index (χ2n) is 9.57. The third kappa shape index (κ3) is 6.34. The smallest absolute Gasteiger partial charge is 0.335 e. The molecule has 2 aromatic heterocycles. The molecule has 0 fully saturated rings. The second kappa shape index (κ2) is 12.7. The van der Waals surface area contributed by atoms with Gasteiger partial charge >= 0.3 is 12.0 Å². The molecule has 1 N–H and O–H groups in total. The summed E-state index contributed by atoms with van der Waals surface area (Å²) in [6.07, 6.45) is -1.89. The Hall–Kier alpha value is -4.98. The molecule has 14 heteroatoms. The molecule has 0 saturated carbocycles. The number of rotatable bonds is 11. The molecule has 3 aromatic carbocycles. The zero-order chi connectivity index (χ0) is 31.5. The average Bonchev–Trinajstić information content (AvgIpc) is 3.34. The lowest BCUT2D eigenvalue weighted by Gasteiger charge is -2.12. The Morgan fingerprint density at radius 2 is 1.70 bits per heavy atom. The molecule has 0 unspecified atom stereocenters. The minimum Gasteiger partial charge on any atom is -0.478 e. The maximum absolute atomic E-state index is 15.3. The van der Waals surface area contributed by atoms with Gasteiger partial charge in [0.15, 0.2) is 5.82 Å². The highest BCUT2D eigenvalue weighted by atomic mass is 19.3. The Morgan fingerprint density at radius 1 is 0.932 bits per heavy atom. The first-order valence-corrected chi connectivity index (χ1v) is 13.0. The van der Waals surface area contributed by atoms with Crippen LogP contribution in [0.2, 0.25) is 0 Å². The van der Waals surface area contributed by atoms with E-state index in [9.17, 15) is 27.5 Å². The Labute approximate surface area is 245 Å². The molecule has 5 rings (SSSR count). The monoisotopic (exact) mass is 616 g/mol. The number of carboxylic acids is 1. The van der Waals surface area contributed by atoms with Crippen LogP contribution >= 0.6 is 0 Å². The number of ether oxygens (including phenoxy) is 2. The van der Waals surface area contributed by atoms with Gasteiger partial charge in [0.05, 0.1) is 23.4 Å². The van der Waals surface area contributed by atoms with Crippen molar-refractivity contribution in [3.05, 3.63) is 106 Å². The fraction of sp³-hybridized carbons (Fsp3) is 0.200. The van der Waals surface area contributed by atoms with E-state index < -0.39 is 47.8 Å². The minimum atomic E-state index is -2.84. The van der Waals surface area contributed by atoms with Crippen molar-refractivity contribution in [1.82, 2.24) is 19.5 Å². The first kappa shape index (κ1) is 30.5. The second-order valence-corrected chi connectivity index (χ2v) is 9.57. The van der Waals surface area contributed by atoms with Gasteiger partial charge in [-0.1, -0.05) is 12.1 Å². The molecule has 0 saturated heterocycles. The summed E-state index contributed by atoms with van der Waals surface area (Å²) in [5, 5.41) is 9.33. The zero-order valence-electron chi connectivity index (χ0n) is 22.8. The molecule has 5 aromatic rings. The molecule has 0 amide bonds. The summed E-state index contributed by atoms with van der Waals surface area (Å²) in [6, 6.07) is 7.81. The van der Waals surface area contributed by atoms with Crippen LogP contribution in [0.5, 0.6) is 6.01 Å². The molecule has 0 aliphatic rings. The van der Waals surface area contributed by atoms with Crippen LogP contribution in [0.1, 0.15) is 39.3 Å². The standard InChI is InChI=1S/C30H22F6N4O4/c1-43-7-6-40-25-11-18(29(41)42)10-23(34)27(25)39-26(40)12-17-9-22(33)19(13-21(17)32)24-4-5-37-30(38-24)44-14-16-3-2-15(28(35)36)8-20(16)31/h2-5,8-11,13,28H,6-7,12,14H2,1H3,(H,41,42). The lowest BCUT2D eigenvalue weighted by atomic mass is 10.0. The Bertz CT molecular complexity index is 1860. The summed E-state index contributed by atoms with van der Waals surface area (Å²) in [5.41, 5.74) is -1.21. The highest BCUT2D eigenvalue weighted by Crippen LogP contribution is 2.29. The van der Waals surface area contributed by atoms with Crippen LogP contribution in [-0.4, -0.2) is 44.3 Å². The van der Waals surface area contributed by atoms with Gasteiger partial charge in [-0.3, -0.25) is 0 Å². The summed E-state index contributed by atoms with van der Waals surface area (Å²) in [7, 11) is 1.44. The number of benzene rings is 3. The first-order chi connectivity index (χ1) is 21.0. The van der Waals surface area contributed by atoms with E-state index in [0.717, 1.165) is 30.3 Å². The van der Waals surface area contributed by atoms with Crippen molar-refractivity contribution in [2.45, 2.75) is 26.0 Å². The van der Waals surface area contributed by atoms with Crippen molar-refractivity contribution < 1.29 is 45.7 Å². The maximum atomic E-state index is 15.3. The van der Waals surface area contributed by atoms with E-state index in [1.165, 1.54) is 30.0 Å². The molecule has 0 spiro atoms. The SMILES string of the molecule is COCCn1c(Cc2cc(F)c(-c3ccnc(OCc4ccc(C(F)F)cc4F)n3)cc2F)nc2c(F)cc(C(=O)O)cc21. The topological polar surface area (TPSA) is 99.4 Å². The Balaban J connectivity index is 1.41. The average molecular weight is 617 g/mol. The fourth-order valence-corrected chi connectivity index (χ4v) is 4.53. The summed E-state index contributed by atoms with van der Waals surface area (Å²) < 4.78 is 97.0. The number of aromatic carboxylic acids is 1. The van der Waals surface area contributed by atoms with Gasteiger partial charge < -0.3 is 19.1 Å². The number of methoxy groups -OCH3 is 1. The molecule has 0 atom stereocenters. The zero-order valence-corrected chi connectivity index (χ0v) is 22.8. The van der Waals surface area contributed by atoms with Crippen molar-refractivity contribution in [1.29, 1.82) is 0 Å². The van der Waals surface area contributed by atoms with Crippen molar-refractivity contribution in [3.8, 4) is 17.3 Å². The van der Waals surface area contributed by atoms with E-state index in [1.807, 2.05) is 0 Å². The quantitative estimate of drug-likeness (QED) is 0.169. The number of aromatic nitrogens is 4. The van der Waals surface area contributed by atoms with E-state index >= 15 is 8.78 Å². The summed E-state index contributed by atoms with van der Waals surface area (Å²) >= 11 is 0. The van der Waals surface area contributed by atoms with Gasteiger partial charge in [-0.05, 0) is 42.0 Å². The summed E-state index contributed by atoms with van der Waals surface area (Å²) in [4.78, 5) is 23.6. The van der Waals surface area contributed by atoms with Crippen LogP contribution in [-0.2, 0) is 24.3 Å².